The molecule has 1 N–H and O–H groups in total. The quantitative estimate of drug-likeness (QED) is 0.544. The molecule has 6 heteroatoms. The molecule has 0 saturated carbocycles. The van der Waals surface area contributed by atoms with E-state index >= 15 is 0 Å². The number of nitrogens with zero attached hydrogens (tertiary/aromatic N) is 2. The number of halogens is 3. The molecule has 0 spiro atoms. The van der Waals surface area contributed by atoms with Gasteiger partial charge in [-0.3, -0.25) is 9.88 Å². The molecule has 31 heavy (non-hydrogen) atoms. The molecule has 1 aromatic heterocycles. The van der Waals surface area contributed by atoms with E-state index in [4.69, 9.17) is 0 Å². The Hall–Kier alpha value is -2.70. The highest BCUT2D eigenvalue weighted by Gasteiger charge is 2.26. The fourth-order valence-electron chi connectivity index (χ4n) is 4.02. The monoisotopic (exact) mass is 427 g/mol. The third-order valence-corrected chi connectivity index (χ3v) is 5.65. The zero-order valence-electron chi connectivity index (χ0n) is 16.6. The average Bonchev–Trinajstić information content (AvgIpc) is 2.74. The molecule has 0 amide bonds. The molecule has 0 radical (unpaired) electrons. The van der Waals surface area contributed by atoms with Crippen LogP contribution in [0.1, 0.15) is 29.7 Å². The molecule has 2 aromatic carbocycles. The minimum Gasteiger partial charge on any atom is -0.311 e. The van der Waals surface area contributed by atoms with Gasteiger partial charge in [0.05, 0.1) is 6.20 Å². The Bertz CT molecular complexity index is 992. The van der Waals surface area contributed by atoms with E-state index in [1.807, 2.05) is 6.07 Å². The van der Waals surface area contributed by atoms with E-state index in [9.17, 15) is 13.2 Å². The van der Waals surface area contributed by atoms with Crippen LogP contribution in [0.5, 0.6) is 0 Å². The van der Waals surface area contributed by atoms with Gasteiger partial charge in [0.25, 0.3) is 0 Å². The lowest BCUT2D eigenvalue weighted by Gasteiger charge is -2.37. The van der Waals surface area contributed by atoms with Crippen molar-refractivity contribution in [2.24, 2.45) is 0 Å². The Morgan fingerprint density at radius 2 is 1.74 bits per heavy atom. The maximum Gasteiger partial charge on any atom is 0.145 e. The summed E-state index contributed by atoms with van der Waals surface area (Å²) < 4.78 is 40.7. The summed E-state index contributed by atoms with van der Waals surface area (Å²) in [6, 6.07) is 13.4. The summed E-state index contributed by atoms with van der Waals surface area (Å²) in [5.41, 5.74) is 3.81. The Morgan fingerprint density at radius 1 is 0.968 bits per heavy atom. The molecule has 1 aliphatic heterocycles. The van der Waals surface area contributed by atoms with Crippen molar-refractivity contribution in [3.8, 4) is 0 Å². The summed E-state index contributed by atoms with van der Waals surface area (Å²) in [5, 5.41) is 3.30. The second-order valence-corrected chi connectivity index (χ2v) is 7.72. The smallest absolute Gasteiger partial charge is 0.145 e. The van der Waals surface area contributed by atoms with E-state index in [1.54, 1.807) is 30.5 Å². The van der Waals surface area contributed by atoms with Gasteiger partial charge in [-0.1, -0.05) is 25.6 Å². The summed E-state index contributed by atoms with van der Waals surface area (Å²) >= 11 is 0. The van der Waals surface area contributed by atoms with Crippen LogP contribution in [0.2, 0.25) is 0 Å². The zero-order chi connectivity index (χ0) is 20.9. The standard InChI is InChI=1S/C24H24F3N3.CH4/c25-21-4-1-17(2-5-21)11-23-13-20-12-22(26)6-3-19(20)16-30(23)10-9-29-14-18-7-8-28-15-24(18)27;/h1-8,12,15,23,29H,9-11,13-14,16H2;1H4. The largest absolute Gasteiger partial charge is 0.311 e. The lowest BCUT2D eigenvalue weighted by molar-refractivity contribution is 0.170. The van der Waals surface area contributed by atoms with Crippen LogP contribution < -0.4 is 5.32 Å². The molecular weight excluding hydrogens is 399 g/mol. The van der Waals surface area contributed by atoms with Gasteiger partial charge in [0.15, 0.2) is 0 Å². The number of pyridine rings is 1. The highest BCUT2D eigenvalue weighted by molar-refractivity contribution is 5.32. The summed E-state index contributed by atoms with van der Waals surface area (Å²) in [6.07, 6.45) is 4.30. The molecule has 2 heterocycles. The molecule has 0 fully saturated rings. The topological polar surface area (TPSA) is 28.2 Å². The van der Waals surface area contributed by atoms with Gasteiger partial charge < -0.3 is 5.32 Å². The van der Waals surface area contributed by atoms with Crippen LogP contribution in [0.25, 0.3) is 0 Å². The Labute approximate surface area is 181 Å². The van der Waals surface area contributed by atoms with Crippen LogP contribution in [0.3, 0.4) is 0 Å². The fraction of sp³-hybridized carbons (Fsp3) is 0.320. The van der Waals surface area contributed by atoms with Gasteiger partial charge >= 0.3 is 0 Å². The predicted molar refractivity (Wildman–Crippen MR) is 117 cm³/mol. The van der Waals surface area contributed by atoms with Crippen LogP contribution in [-0.2, 0) is 25.9 Å². The number of benzene rings is 2. The minimum absolute atomic E-state index is 0. The molecule has 1 atom stereocenters. The molecule has 0 aliphatic carbocycles. The van der Waals surface area contributed by atoms with Gasteiger partial charge in [-0.05, 0) is 59.9 Å². The molecule has 164 valence electrons. The Morgan fingerprint density at radius 3 is 2.52 bits per heavy atom. The molecule has 4 rings (SSSR count). The number of rotatable bonds is 7. The molecule has 0 bridgehead atoms. The predicted octanol–water partition coefficient (Wildman–Crippen LogP) is 4.89. The van der Waals surface area contributed by atoms with Crippen molar-refractivity contribution in [2.45, 2.75) is 39.4 Å². The minimum atomic E-state index is -0.312. The molecule has 3 aromatic rings. The van der Waals surface area contributed by atoms with E-state index in [0.29, 0.717) is 18.7 Å². The van der Waals surface area contributed by atoms with E-state index in [2.05, 4.69) is 15.2 Å². The fourth-order valence-corrected chi connectivity index (χ4v) is 4.02. The van der Waals surface area contributed by atoms with E-state index in [-0.39, 0.29) is 30.9 Å². The van der Waals surface area contributed by atoms with E-state index < -0.39 is 0 Å². The maximum atomic E-state index is 13.7. The van der Waals surface area contributed by atoms with Crippen LogP contribution in [0.15, 0.2) is 60.9 Å². The van der Waals surface area contributed by atoms with Crippen molar-refractivity contribution in [3.63, 3.8) is 0 Å². The first-order chi connectivity index (χ1) is 14.6. The second kappa shape index (κ2) is 10.6. The maximum absolute atomic E-state index is 13.7. The van der Waals surface area contributed by atoms with Gasteiger partial charge in [0.1, 0.15) is 17.5 Å². The van der Waals surface area contributed by atoms with Gasteiger partial charge in [0.2, 0.25) is 0 Å². The second-order valence-electron chi connectivity index (χ2n) is 7.72. The summed E-state index contributed by atoms with van der Waals surface area (Å²) in [5.74, 6) is -0.781. The normalized spacial score (nSPS) is 15.9. The van der Waals surface area contributed by atoms with E-state index in [1.165, 1.54) is 24.4 Å². The highest BCUT2D eigenvalue weighted by Crippen LogP contribution is 2.26. The number of hydrogen-bond donors (Lipinski definition) is 1. The number of hydrogen-bond acceptors (Lipinski definition) is 3. The summed E-state index contributed by atoms with van der Waals surface area (Å²) in [7, 11) is 0. The number of nitrogens with one attached hydrogen (secondary N) is 1. The molecule has 1 unspecified atom stereocenters. The van der Waals surface area contributed by atoms with Gasteiger partial charge in [-0.25, -0.2) is 13.2 Å². The van der Waals surface area contributed by atoms with Crippen LogP contribution in [0, 0.1) is 17.5 Å². The Balaban J connectivity index is 0.00000272. The Kier molecular flexibility index (Phi) is 7.82. The van der Waals surface area contributed by atoms with Crippen molar-refractivity contribution in [3.05, 3.63) is 101 Å². The van der Waals surface area contributed by atoms with Gasteiger partial charge in [-0.2, -0.15) is 0 Å². The van der Waals surface area contributed by atoms with Gasteiger partial charge in [-0.15, -0.1) is 0 Å². The van der Waals surface area contributed by atoms with Crippen molar-refractivity contribution in [2.75, 3.05) is 13.1 Å². The van der Waals surface area contributed by atoms with Crippen LogP contribution in [-0.4, -0.2) is 29.0 Å². The van der Waals surface area contributed by atoms with Crippen LogP contribution >= 0.6 is 0 Å². The van der Waals surface area contributed by atoms with Crippen molar-refractivity contribution in [1.82, 2.24) is 15.2 Å². The van der Waals surface area contributed by atoms with Crippen LogP contribution in [0.4, 0.5) is 13.2 Å². The number of aromatic nitrogens is 1. The summed E-state index contributed by atoms with van der Waals surface area (Å²) in [4.78, 5) is 6.13. The average molecular weight is 428 g/mol. The lowest BCUT2D eigenvalue weighted by Crippen LogP contribution is -2.44. The van der Waals surface area contributed by atoms with Gasteiger partial charge in [0, 0.05) is 44.0 Å². The molecule has 3 nitrogen and oxygen atoms in total. The van der Waals surface area contributed by atoms with E-state index in [0.717, 1.165) is 42.6 Å². The first-order valence-electron chi connectivity index (χ1n) is 10.1. The molecular formula is C25H28F3N3. The number of fused-ring (bicyclic) bond motifs is 1. The molecule has 0 saturated heterocycles. The van der Waals surface area contributed by atoms with Crippen molar-refractivity contribution < 1.29 is 13.2 Å². The van der Waals surface area contributed by atoms with Crippen molar-refractivity contribution in [1.29, 1.82) is 0 Å². The first-order valence-corrected chi connectivity index (χ1v) is 10.1. The molecule has 1 aliphatic rings. The lowest BCUT2D eigenvalue weighted by atomic mass is 9.90. The third kappa shape index (κ3) is 5.93. The van der Waals surface area contributed by atoms with Crippen molar-refractivity contribution >= 4 is 0 Å². The zero-order valence-corrected chi connectivity index (χ0v) is 16.6. The highest BCUT2D eigenvalue weighted by atomic mass is 19.1. The first kappa shape index (κ1) is 23.0. The third-order valence-electron chi connectivity index (χ3n) is 5.65. The SMILES string of the molecule is C.Fc1ccc(CC2Cc3cc(F)ccc3CN2CCNCc2ccncc2F)cc1. The summed E-state index contributed by atoms with van der Waals surface area (Å²) in [6.45, 7) is 2.63.